The molecule has 51 heavy (non-hydrogen) atoms. The maximum Gasteiger partial charge on any atom is 0.264 e. The van der Waals surface area contributed by atoms with Crippen molar-refractivity contribution in [2.24, 2.45) is 11.3 Å². The average molecular weight is 712 g/mol. The first kappa shape index (κ1) is 36.7. The monoisotopic (exact) mass is 711 g/mol. The standard InChI is InChI=1S/C40H53N7O3S/c1-27-13-11-17-31(19-29-14-9-8-10-15-29)36(27)37-28(2)38-44-39(43-37)45-51(48,49)34-18-12-16-30(20-34)24-47(32(26-50-38)21-40(3,4)5)25-35-41-22-33(23-42-35)46(6)7/h11-13,16-18,20,22-23,29,32H,8-10,14-15,19,21,24-26H2,1-7H3,(H,43,44,45)/t32-/m1/s1. The molecular weight excluding hydrogens is 659 g/mol. The van der Waals surface area contributed by atoms with E-state index in [0.717, 1.165) is 40.8 Å². The number of nitrogens with zero attached hydrogens (tertiary/aromatic N) is 6. The van der Waals surface area contributed by atoms with Crippen LogP contribution in [0, 0.1) is 25.2 Å². The Morgan fingerprint density at radius 1 is 0.980 bits per heavy atom. The molecule has 1 saturated carbocycles. The summed E-state index contributed by atoms with van der Waals surface area (Å²) in [6.45, 7) is 12.0. The molecule has 0 unspecified atom stereocenters. The van der Waals surface area contributed by atoms with Crippen LogP contribution in [-0.4, -0.2) is 60.0 Å². The lowest BCUT2D eigenvalue weighted by molar-refractivity contribution is 0.0832. The first-order valence-electron chi connectivity index (χ1n) is 18.2. The first-order valence-corrected chi connectivity index (χ1v) is 19.7. The van der Waals surface area contributed by atoms with Crippen molar-refractivity contribution in [2.75, 3.05) is 30.3 Å². The van der Waals surface area contributed by atoms with Crippen molar-refractivity contribution in [3.8, 4) is 17.1 Å². The van der Waals surface area contributed by atoms with Crippen LogP contribution in [0.25, 0.3) is 11.3 Å². The van der Waals surface area contributed by atoms with Gasteiger partial charge in [-0.05, 0) is 66.8 Å². The smallest absolute Gasteiger partial charge is 0.264 e. The fraction of sp³-hybridized carbons (Fsp3) is 0.500. The molecule has 272 valence electrons. The fourth-order valence-corrected chi connectivity index (χ4v) is 8.44. The van der Waals surface area contributed by atoms with Gasteiger partial charge in [0, 0.05) is 37.8 Å². The van der Waals surface area contributed by atoms with Crippen molar-refractivity contribution in [1.29, 1.82) is 0 Å². The van der Waals surface area contributed by atoms with E-state index in [1.807, 2.05) is 44.4 Å². The predicted molar refractivity (Wildman–Crippen MR) is 203 cm³/mol. The van der Waals surface area contributed by atoms with E-state index in [-0.39, 0.29) is 22.3 Å². The summed E-state index contributed by atoms with van der Waals surface area (Å²) in [5.41, 5.74) is 6.58. The van der Waals surface area contributed by atoms with Crippen LogP contribution in [0.15, 0.2) is 59.8 Å². The number of nitrogens with one attached hydrogen (secondary N) is 1. The van der Waals surface area contributed by atoms with Gasteiger partial charge >= 0.3 is 0 Å². The molecule has 10 nitrogen and oxygen atoms in total. The summed E-state index contributed by atoms with van der Waals surface area (Å²) in [6.07, 6.45) is 11.7. The molecule has 4 bridgehead atoms. The molecule has 0 amide bonds. The molecule has 1 atom stereocenters. The molecule has 1 aliphatic heterocycles. The minimum Gasteiger partial charge on any atom is -0.476 e. The van der Waals surface area contributed by atoms with Gasteiger partial charge in [0.25, 0.3) is 10.0 Å². The van der Waals surface area contributed by atoms with Gasteiger partial charge in [0.2, 0.25) is 11.8 Å². The largest absolute Gasteiger partial charge is 0.476 e. The molecule has 2 aliphatic rings. The summed E-state index contributed by atoms with van der Waals surface area (Å²) in [5.74, 6) is 1.68. The Bertz CT molecular complexity index is 1930. The summed E-state index contributed by atoms with van der Waals surface area (Å²) in [4.78, 5) is 23.5. The van der Waals surface area contributed by atoms with Gasteiger partial charge in [-0.3, -0.25) is 4.90 Å². The maximum atomic E-state index is 13.9. The molecule has 6 rings (SSSR count). The Morgan fingerprint density at radius 2 is 1.71 bits per heavy atom. The van der Waals surface area contributed by atoms with Crippen LogP contribution in [-0.2, 0) is 29.5 Å². The summed E-state index contributed by atoms with van der Waals surface area (Å²) >= 11 is 0. The highest BCUT2D eigenvalue weighted by Crippen LogP contribution is 2.37. The molecule has 0 spiro atoms. The Hall–Kier alpha value is -4.09. The number of fused-ring (bicyclic) bond motifs is 4. The second kappa shape index (κ2) is 15.3. The molecule has 11 heteroatoms. The molecule has 2 aromatic carbocycles. The zero-order valence-electron chi connectivity index (χ0n) is 31.2. The Labute approximate surface area is 304 Å². The van der Waals surface area contributed by atoms with E-state index in [2.05, 4.69) is 55.5 Å². The highest BCUT2D eigenvalue weighted by Gasteiger charge is 2.30. The van der Waals surface area contributed by atoms with E-state index < -0.39 is 10.0 Å². The number of ether oxygens (including phenoxy) is 1. The van der Waals surface area contributed by atoms with Crippen molar-refractivity contribution < 1.29 is 13.2 Å². The molecular formula is C40H53N7O3S. The van der Waals surface area contributed by atoms with Crippen LogP contribution < -0.4 is 14.4 Å². The second-order valence-electron chi connectivity index (χ2n) is 15.8. The van der Waals surface area contributed by atoms with Gasteiger partial charge in [-0.1, -0.05) is 83.2 Å². The topological polar surface area (TPSA) is 113 Å². The van der Waals surface area contributed by atoms with Crippen molar-refractivity contribution in [1.82, 2.24) is 24.8 Å². The predicted octanol–water partition coefficient (Wildman–Crippen LogP) is 7.74. The van der Waals surface area contributed by atoms with Crippen LogP contribution in [0.3, 0.4) is 0 Å². The third-order valence-corrected chi connectivity index (χ3v) is 11.4. The van der Waals surface area contributed by atoms with E-state index >= 15 is 0 Å². The van der Waals surface area contributed by atoms with Gasteiger partial charge in [-0.15, -0.1) is 0 Å². The minimum absolute atomic E-state index is 0.000675. The third kappa shape index (κ3) is 9.05. The highest BCUT2D eigenvalue weighted by atomic mass is 32.2. The van der Waals surface area contributed by atoms with Gasteiger partial charge in [0.05, 0.1) is 35.2 Å². The van der Waals surface area contributed by atoms with Crippen molar-refractivity contribution in [3.63, 3.8) is 0 Å². The van der Waals surface area contributed by atoms with Crippen LogP contribution in [0.2, 0.25) is 0 Å². The number of aromatic nitrogens is 4. The molecule has 1 N–H and O–H groups in total. The van der Waals surface area contributed by atoms with Crippen LogP contribution >= 0.6 is 0 Å². The number of aryl methyl sites for hydroxylation is 1. The molecule has 1 fully saturated rings. The number of benzene rings is 2. The van der Waals surface area contributed by atoms with Crippen LogP contribution in [0.5, 0.6) is 5.88 Å². The summed E-state index contributed by atoms with van der Waals surface area (Å²) in [7, 11) is -0.0939. The lowest BCUT2D eigenvalue weighted by Crippen LogP contribution is -2.41. The molecule has 1 aliphatic carbocycles. The Morgan fingerprint density at radius 3 is 2.41 bits per heavy atom. The van der Waals surface area contributed by atoms with Gasteiger partial charge in [-0.25, -0.2) is 28.1 Å². The van der Waals surface area contributed by atoms with Gasteiger partial charge in [0.15, 0.2) is 0 Å². The van der Waals surface area contributed by atoms with Crippen molar-refractivity contribution >= 4 is 21.7 Å². The van der Waals surface area contributed by atoms with Crippen LogP contribution in [0.1, 0.15) is 87.4 Å². The summed E-state index contributed by atoms with van der Waals surface area (Å²) < 4.78 is 37.3. The number of anilines is 2. The summed E-state index contributed by atoms with van der Waals surface area (Å²) in [6, 6.07) is 13.4. The zero-order valence-corrected chi connectivity index (χ0v) is 32.1. The average Bonchev–Trinajstić information content (AvgIpc) is 3.08. The first-order chi connectivity index (χ1) is 24.3. The summed E-state index contributed by atoms with van der Waals surface area (Å²) in [5, 5.41) is 0. The van der Waals surface area contributed by atoms with Gasteiger partial charge in [0.1, 0.15) is 12.4 Å². The second-order valence-corrected chi connectivity index (χ2v) is 17.5. The van der Waals surface area contributed by atoms with E-state index in [0.29, 0.717) is 43.0 Å². The lowest BCUT2D eigenvalue weighted by Gasteiger charge is -2.35. The number of hydrogen-bond acceptors (Lipinski definition) is 9. The Kier molecular flexibility index (Phi) is 11.0. The van der Waals surface area contributed by atoms with E-state index in [1.54, 1.807) is 18.2 Å². The number of hydrogen-bond donors (Lipinski definition) is 1. The number of sulfonamides is 1. The quantitative estimate of drug-likeness (QED) is 0.206. The molecule has 2 aromatic heterocycles. The van der Waals surface area contributed by atoms with Crippen molar-refractivity contribution in [2.45, 2.75) is 104 Å². The normalized spacial score (nSPS) is 18.5. The van der Waals surface area contributed by atoms with Gasteiger partial charge in [-0.2, -0.15) is 4.98 Å². The molecule has 4 aromatic rings. The maximum absolute atomic E-state index is 13.9. The Balaban J connectivity index is 1.46. The van der Waals surface area contributed by atoms with E-state index in [9.17, 15) is 8.42 Å². The van der Waals surface area contributed by atoms with Gasteiger partial charge < -0.3 is 9.64 Å². The molecule has 0 radical (unpaired) electrons. The van der Waals surface area contributed by atoms with Crippen molar-refractivity contribution in [3.05, 3.63) is 82.9 Å². The molecule has 3 heterocycles. The third-order valence-electron chi connectivity index (χ3n) is 10.1. The minimum atomic E-state index is -4.02. The zero-order chi connectivity index (χ0) is 36.3. The lowest BCUT2D eigenvalue weighted by atomic mass is 9.82. The van der Waals surface area contributed by atoms with E-state index in [4.69, 9.17) is 24.7 Å². The SMILES string of the molecule is Cc1cccc(CC2CCCCC2)c1-c1nc2nc(c1C)OC[C@@H](CC(C)(C)C)N(Cc1ncc(N(C)C)cn1)Cc1cccc(c1)S(=O)(=O)N2. The highest BCUT2D eigenvalue weighted by molar-refractivity contribution is 7.92. The molecule has 0 saturated heterocycles. The fourth-order valence-electron chi connectivity index (χ4n) is 7.42. The number of rotatable bonds is 7. The van der Waals surface area contributed by atoms with E-state index in [1.165, 1.54) is 37.7 Å². The van der Waals surface area contributed by atoms with Crippen LogP contribution in [0.4, 0.5) is 11.6 Å².